The number of allylic oxidation sites excluding steroid dienone is 1. The Labute approximate surface area is 158 Å². The first-order chi connectivity index (χ1) is 12.9. The Bertz CT molecular complexity index is 923. The third kappa shape index (κ3) is 3.67. The molecule has 0 bridgehead atoms. The molecule has 0 unspecified atom stereocenters. The number of benzene rings is 2. The second-order valence-corrected chi connectivity index (χ2v) is 6.70. The molecule has 0 saturated heterocycles. The van der Waals surface area contributed by atoms with Gasteiger partial charge in [0, 0.05) is 11.6 Å². The molecule has 3 rings (SSSR count). The summed E-state index contributed by atoms with van der Waals surface area (Å²) in [7, 11) is 3.01. The minimum atomic E-state index is -0.498. The molecule has 5 heteroatoms. The highest BCUT2D eigenvalue weighted by molar-refractivity contribution is 6.10. The van der Waals surface area contributed by atoms with E-state index in [0.29, 0.717) is 28.4 Å². The number of ketones is 1. The predicted molar refractivity (Wildman–Crippen MR) is 105 cm³/mol. The van der Waals surface area contributed by atoms with Crippen molar-refractivity contribution in [2.24, 2.45) is 0 Å². The fraction of sp³-hybridized carbons (Fsp3) is 0.227. The number of fused-ring (bicyclic) bond motifs is 1. The Hall–Kier alpha value is -3.21. The van der Waals surface area contributed by atoms with E-state index in [0.717, 1.165) is 0 Å². The molecule has 0 aromatic heterocycles. The molecule has 1 aliphatic rings. The Kier molecular flexibility index (Phi) is 4.95. The van der Waals surface area contributed by atoms with Gasteiger partial charge in [-0.05, 0) is 32.1 Å². The Morgan fingerprint density at radius 1 is 1.15 bits per heavy atom. The molecule has 1 N–H and O–H groups in total. The maximum Gasteiger partial charge on any atom is 0.193 e. The van der Waals surface area contributed by atoms with Crippen LogP contribution in [0.3, 0.4) is 0 Å². The van der Waals surface area contributed by atoms with E-state index in [9.17, 15) is 9.90 Å². The van der Waals surface area contributed by atoms with E-state index in [1.165, 1.54) is 20.3 Å². The number of hydrogen-bond acceptors (Lipinski definition) is 5. The zero-order valence-electron chi connectivity index (χ0n) is 15.8. The lowest BCUT2D eigenvalue weighted by Crippen LogP contribution is -2.28. The predicted octanol–water partition coefficient (Wildman–Crippen LogP) is 4.67. The van der Waals surface area contributed by atoms with Crippen molar-refractivity contribution in [3.05, 3.63) is 65.2 Å². The maximum atomic E-state index is 12.9. The molecule has 2 aromatic carbocycles. The van der Waals surface area contributed by atoms with E-state index in [4.69, 9.17) is 14.2 Å². The summed E-state index contributed by atoms with van der Waals surface area (Å²) in [5.41, 5.74) is 0.970. The fourth-order valence-electron chi connectivity index (χ4n) is 2.93. The average Bonchev–Trinajstić information content (AvgIpc) is 2.66. The standard InChI is InChI=1S/C22H22O5/c1-22(2)11-10-15-20(26-4)16(12-19(25-3)21(15)27-22)18(24)13-17(23)14-8-6-5-7-9-14/h5-13,23H,1-4H3. The van der Waals surface area contributed by atoms with Crippen molar-refractivity contribution in [2.75, 3.05) is 14.2 Å². The molecule has 0 saturated carbocycles. The molecule has 0 atom stereocenters. The fourth-order valence-corrected chi connectivity index (χ4v) is 2.93. The van der Waals surface area contributed by atoms with Gasteiger partial charge >= 0.3 is 0 Å². The quantitative estimate of drug-likeness (QED) is 0.473. The number of rotatable bonds is 5. The van der Waals surface area contributed by atoms with Crippen molar-refractivity contribution in [3.8, 4) is 17.2 Å². The van der Waals surface area contributed by atoms with Crippen LogP contribution in [0.2, 0.25) is 0 Å². The van der Waals surface area contributed by atoms with Crippen molar-refractivity contribution in [1.29, 1.82) is 0 Å². The van der Waals surface area contributed by atoms with Gasteiger partial charge in [0.15, 0.2) is 17.3 Å². The molecule has 0 spiro atoms. The third-order valence-electron chi connectivity index (χ3n) is 4.28. The number of aliphatic hydroxyl groups is 1. The zero-order valence-corrected chi connectivity index (χ0v) is 15.8. The first-order valence-electron chi connectivity index (χ1n) is 8.54. The highest BCUT2D eigenvalue weighted by atomic mass is 16.5. The van der Waals surface area contributed by atoms with Crippen molar-refractivity contribution in [3.63, 3.8) is 0 Å². The molecule has 1 aliphatic heterocycles. The van der Waals surface area contributed by atoms with E-state index in [1.54, 1.807) is 30.3 Å². The van der Waals surface area contributed by atoms with Crippen molar-refractivity contribution < 1.29 is 24.1 Å². The highest BCUT2D eigenvalue weighted by Gasteiger charge is 2.30. The first-order valence-corrected chi connectivity index (χ1v) is 8.54. The van der Waals surface area contributed by atoms with E-state index < -0.39 is 11.4 Å². The van der Waals surface area contributed by atoms with Gasteiger partial charge in [0.2, 0.25) is 0 Å². The summed E-state index contributed by atoms with van der Waals surface area (Å²) >= 11 is 0. The van der Waals surface area contributed by atoms with Crippen molar-refractivity contribution in [1.82, 2.24) is 0 Å². The van der Waals surface area contributed by atoms with Crippen LogP contribution in [-0.4, -0.2) is 30.7 Å². The SMILES string of the molecule is COc1cc(C(=O)C=C(O)c2ccccc2)c(OC)c2c1OC(C)(C)C=C2. The van der Waals surface area contributed by atoms with E-state index in [2.05, 4.69) is 0 Å². The number of hydrogen-bond donors (Lipinski definition) is 1. The number of aliphatic hydroxyl groups excluding tert-OH is 1. The number of methoxy groups -OCH3 is 2. The van der Waals surface area contributed by atoms with Gasteiger partial charge in [-0.2, -0.15) is 0 Å². The lowest BCUT2D eigenvalue weighted by Gasteiger charge is -2.30. The monoisotopic (exact) mass is 366 g/mol. The van der Waals surface area contributed by atoms with Crippen LogP contribution in [0.1, 0.15) is 35.3 Å². The minimum absolute atomic E-state index is 0.118. The molecule has 0 fully saturated rings. The Morgan fingerprint density at radius 2 is 1.85 bits per heavy atom. The van der Waals surface area contributed by atoms with Gasteiger partial charge in [0.25, 0.3) is 0 Å². The molecule has 1 heterocycles. The molecule has 0 aliphatic carbocycles. The van der Waals surface area contributed by atoms with E-state index in [-0.39, 0.29) is 11.3 Å². The van der Waals surface area contributed by atoms with Crippen LogP contribution >= 0.6 is 0 Å². The largest absolute Gasteiger partial charge is 0.507 e. The summed E-state index contributed by atoms with van der Waals surface area (Å²) < 4.78 is 16.9. The average molecular weight is 366 g/mol. The summed E-state index contributed by atoms with van der Waals surface area (Å²) in [6.07, 6.45) is 4.93. The Balaban J connectivity index is 2.10. The molecular formula is C22H22O5. The lowest BCUT2D eigenvalue weighted by atomic mass is 9.97. The molecule has 27 heavy (non-hydrogen) atoms. The van der Waals surface area contributed by atoms with Gasteiger partial charge in [-0.15, -0.1) is 0 Å². The summed E-state index contributed by atoms with van der Waals surface area (Å²) in [6.45, 7) is 3.86. The molecule has 5 nitrogen and oxygen atoms in total. The zero-order chi connectivity index (χ0) is 19.6. The Morgan fingerprint density at radius 3 is 2.48 bits per heavy atom. The molecule has 2 aromatic rings. The normalized spacial score (nSPS) is 14.9. The number of carbonyl (C=O) groups excluding carboxylic acids is 1. The van der Waals surface area contributed by atoms with Crippen molar-refractivity contribution >= 4 is 17.6 Å². The van der Waals surface area contributed by atoms with E-state index in [1.807, 2.05) is 32.1 Å². The summed E-state index contributed by atoms with van der Waals surface area (Å²) in [5, 5.41) is 10.3. The highest BCUT2D eigenvalue weighted by Crippen LogP contribution is 2.45. The second kappa shape index (κ2) is 7.19. The van der Waals surface area contributed by atoms with Crippen LogP contribution in [0.15, 0.2) is 48.6 Å². The first kappa shape index (κ1) is 18.6. The minimum Gasteiger partial charge on any atom is -0.507 e. The molecule has 140 valence electrons. The lowest BCUT2D eigenvalue weighted by molar-refractivity contribution is 0.104. The third-order valence-corrected chi connectivity index (χ3v) is 4.28. The van der Waals surface area contributed by atoms with Gasteiger partial charge in [0.1, 0.15) is 17.1 Å². The van der Waals surface area contributed by atoms with Crippen LogP contribution in [0, 0.1) is 0 Å². The smallest absolute Gasteiger partial charge is 0.193 e. The van der Waals surface area contributed by atoms with Crippen molar-refractivity contribution in [2.45, 2.75) is 19.4 Å². The number of carbonyl (C=O) groups is 1. The topological polar surface area (TPSA) is 65.0 Å². The van der Waals surface area contributed by atoms with Crippen LogP contribution in [-0.2, 0) is 0 Å². The van der Waals surface area contributed by atoms with Crippen LogP contribution in [0.4, 0.5) is 0 Å². The van der Waals surface area contributed by atoms with Gasteiger partial charge in [-0.25, -0.2) is 0 Å². The maximum absolute atomic E-state index is 12.9. The number of ether oxygens (including phenoxy) is 3. The molecular weight excluding hydrogens is 344 g/mol. The molecule has 0 radical (unpaired) electrons. The van der Waals surface area contributed by atoms with Crippen LogP contribution in [0.25, 0.3) is 11.8 Å². The van der Waals surface area contributed by atoms with Crippen LogP contribution in [0.5, 0.6) is 17.2 Å². The summed E-state index contributed by atoms with van der Waals surface area (Å²) in [6, 6.07) is 10.4. The van der Waals surface area contributed by atoms with E-state index >= 15 is 0 Å². The van der Waals surface area contributed by atoms with Crippen LogP contribution < -0.4 is 14.2 Å². The van der Waals surface area contributed by atoms with Gasteiger partial charge in [-0.1, -0.05) is 30.3 Å². The molecule has 0 amide bonds. The van der Waals surface area contributed by atoms with Gasteiger partial charge in [0.05, 0.1) is 25.3 Å². The van der Waals surface area contributed by atoms with Gasteiger partial charge in [-0.3, -0.25) is 4.79 Å². The second-order valence-electron chi connectivity index (χ2n) is 6.70. The summed E-state index contributed by atoms with van der Waals surface area (Å²) in [5.74, 6) is 0.813. The van der Waals surface area contributed by atoms with Gasteiger partial charge < -0.3 is 19.3 Å². The summed E-state index contributed by atoms with van der Waals surface area (Å²) in [4.78, 5) is 12.9.